The lowest BCUT2D eigenvalue weighted by Crippen LogP contribution is -2.13. The second-order valence-electron chi connectivity index (χ2n) is 5.50. The van der Waals surface area contributed by atoms with Crippen LogP contribution in [0.4, 0.5) is 0 Å². The van der Waals surface area contributed by atoms with Crippen LogP contribution in [0.25, 0.3) is 11.2 Å². The van der Waals surface area contributed by atoms with Gasteiger partial charge in [0.1, 0.15) is 11.3 Å². The molecule has 5 heteroatoms. The summed E-state index contributed by atoms with van der Waals surface area (Å²) < 4.78 is 4.37. The highest BCUT2D eigenvalue weighted by Gasteiger charge is 2.22. The van der Waals surface area contributed by atoms with Crippen LogP contribution in [0.1, 0.15) is 44.1 Å². The summed E-state index contributed by atoms with van der Waals surface area (Å²) in [7, 11) is 0. The van der Waals surface area contributed by atoms with E-state index < -0.39 is 0 Å². The molecule has 2 aromatic rings. The minimum atomic E-state index is 0.477. The van der Waals surface area contributed by atoms with Crippen molar-refractivity contribution in [3.8, 4) is 0 Å². The van der Waals surface area contributed by atoms with E-state index in [2.05, 4.69) is 26.3 Å². The smallest absolute Gasteiger partial charge is 0.158 e. The molecule has 3 rings (SSSR count). The number of alkyl halides is 1. The van der Waals surface area contributed by atoms with Gasteiger partial charge in [-0.2, -0.15) is 5.10 Å². The van der Waals surface area contributed by atoms with Crippen LogP contribution >= 0.6 is 11.6 Å². The van der Waals surface area contributed by atoms with Crippen LogP contribution < -0.4 is 0 Å². The first-order valence-corrected chi connectivity index (χ1v) is 7.76. The van der Waals surface area contributed by atoms with E-state index in [0.717, 1.165) is 41.7 Å². The molecular formula is C14H21ClN4. The molecule has 0 N–H and O–H groups in total. The summed E-state index contributed by atoms with van der Waals surface area (Å²) in [5, 5.41) is 4.57. The van der Waals surface area contributed by atoms with E-state index in [4.69, 9.17) is 11.6 Å². The Balaban J connectivity index is 2.07. The average Bonchev–Trinajstić information content (AvgIpc) is 3.09. The maximum Gasteiger partial charge on any atom is 0.158 e. The summed E-state index contributed by atoms with van der Waals surface area (Å²) in [5.74, 6) is 2.25. The van der Waals surface area contributed by atoms with Gasteiger partial charge in [-0.15, -0.1) is 11.6 Å². The van der Waals surface area contributed by atoms with E-state index >= 15 is 0 Å². The van der Waals surface area contributed by atoms with Crippen molar-refractivity contribution in [1.82, 2.24) is 19.3 Å². The Labute approximate surface area is 118 Å². The van der Waals surface area contributed by atoms with Gasteiger partial charge >= 0.3 is 0 Å². The van der Waals surface area contributed by atoms with E-state index in [9.17, 15) is 0 Å². The third-order valence-electron chi connectivity index (χ3n) is 4.21. The van der Waals surface area contributed by atoms with Gasteiger partial charge in [-0.05, 0) is 32.6 Å². The quantitative estimate of drug-likeness (QED) is 0.804. The van der Waals surface area contributed by atoms with Gasteiger partial charge in [-0.3, -0.25) is 0 Å². The Morgan fingerprint density at radius 3 is 2.68 bits per heavy atom. The molecule has 1 aliphatic carbocycles. The minimum absolute atomic E-state index is 0.477. The number of imidazole rings is 1. The van der Waals surface area contributed by atoms with Crippen molar-refractivity contribution in [2.24, 2.45) is 5.92 Å². The van der Waals surface area contributed by atoms with Gasteiger partial charge in [0.05, 0.1) is 11.6 Å². The molecule has 0 aromatic carbocycles. The van der Waals surface area contributed by atoms with E-state index in [1.54, 1.807) is 0 Å². The van der Waals surface area contributed by atoms with Crippen LogP contribution in [-0.4, -0.2) is 19.3 Å². The zero-order valence-corrected chi connectivity index (χ0v) is 12.4. The van der Waals surface area contributed by atoms with Crippen LogP contribution in [0.15, 0.2) is 0 Å². The summed E-state index contributed by atoms with van der Waals surface area (Å²) >= 11 is 6.08. The Morgan fingerprint density at radius 1 is 1.32 bits per heavy atom. The first-order valence-electron chi connectivity index (χ1n) is 7.23. The van der Waals surface area contributed by atoms with Crippen molar-refractivity contribution in [2.75, 3.05) is 0 Å². The zero-order valence-electron chi connectivity index (χ0n) is 11.7. The van der Waals surface area contributed by atoms with E-state index in [0.29, 0.717) is 5.88 Å². The number of halogens is 1. The Hall–Kier alpha value is -1.03. The Morgan fingerprint density at radius 2 is 2.05 bits per heavy atom. The predicted octanol–water partition coefficient (Wildman–Crippen LogP) is 3.49. The highest BCUT2D eigenvalue weighted by atomic mass is 35.5. The maximum atomic E-state index is 6.08. The van der Waals surface area contributed by atoms with Crippen molar-refractivity contribution < 1.29 is 0 Å². The standard InChI is InChI=1S/C14H21ClN4/c1-3-19-14-13(10(2)17-19)16-12(8-15)18(14)9-11-6-4-5-7-11/h11H,3-9H2,1-2H3. The molecule has 0 unspecified atom stereocenters. The van der Waals surface area contributed by atoms with Crippen molar-refractivity contribution in [3.63, 3.8) is 0 Å². The molecule has 0 bridgehead atoms. The number of fused-ring (bicyclic) bond motifs is 1. The predicted molar refractivity (Wildman–Crippen MR) is 77.4 cm³/mol. The number of rotatable bonds is 4. The third-order valence-corrected chi connectivity index (χ3v) is 4.45. The fourth-order valence-electron chi connectivity index (χ4n) is 3.24. The first kappa shape index (κ1) is 13.0. The van der Waals surface area contributed by atoms with Crippen LogP contribution in [0.3, 0.4) is 0 Å². The fraction of sp³-hybridized carbons (Fsp3) is 0.714. The molecule has 19 heavy (non-hydrogen) atoms. The summed E-state index contributed by atoms with van der Waals surface area (Å²) in [4.78, 5) is 4.69. The summed E-state index contributed by atoms with van der Waals surface area (Å²) in [5.41, 5.74) is 3.19. The van der Waals surface area contributed by atoms with Gasteiger partial charge in [-0.1, -0.05) is 12.8 Å². The van der Waals surface area contributed by atoms with E-state index in [1.165, 1.54) is 25.7 Å². The van der Waals surface area contributed by atoms with Gasteiger partial charge in [0.15, 0.2) is 5.65 Å². The normalized spacial score (nSPS) is 16.8. The molecule has 2 heterocycles. The van der Waals surface area contributed by atoms with E-state index in [-0.39, 0.29) is 0 Å². The van der Waals surface area contributed by atoms with Crippen molar-refractivity contribution >= 4 is 22.8 Å². The fourth-order valence-corrected chi connectivity index (χ4v) is 3.44. The monoisotopic (exact) mass is 280 g/mol. The molecular weight excluding hydrogens is 260 g/mol. The summed E-state index contributed by atoms with van der Waals surface area (Å²) in [6.07, 6.45) is 5.40. The zero-order chi connectivity index (χ0) is 13.4. The molecule has 1 saturated carbocycles. The summed E-state index contributed by atoms with van der Waals surface area (Å²) in [6.45, 7) is 6.07. The average molecular weight is 281 g/mol. The minimum Gasteiger partial charge on any atom is -0.312 e. The van der Waals surface area contributed by atoms with Gasteiger partial charge in [0.2, 0.25) is 0 Å². The third kappa shape index (κ3) is 2.16. The topological polar surface area (TPSA) is 35.6 Å². The summed E-state index contributed by atoms with van der Waals surface area (Å²) in [6, 6.07) is 0. The van der Waals surface area contributed by atoms with Gasteiger partial charge in [0.25, 0.3) is 0 Å². The molecule has 0 saturated heterocycles. The highest BCUT2D eigenvalue weighted by Crippen LogP contribution is 2.29. The van der Waals surface area contributed by atoms with Gasteiger partial charge < -0.3 is 4.57 Å². The molecule has 2 aromatic heterocycles. The first-order chi connectivity index (χ1) is 9.24. The SMILES string of the molecule is CCn1nc(C)c2nc(CCl)n(CC3CCCC3)c21. The molecule has 104 valence electrons. The largest absolute Gasteiger partial charge is 0.312 e. The van der Waals surface area contributed by atoms with Crippen LogP contribution in [0.5, 0.6) is 0 Å². The molecule has 0 spiro atoms. The Bertz CT molecular complexity index is 578. The lowest BCUT2D eigenvalue weighted by molar-refractivity contribution is 0.450. The van der Waals surface area contributed by atoms with Gasteiger partial charge in [-0.25, -0.2) is 9.67 Å². The number of hydrogen-bond acceptors (Lipinski definition) is 2. The second-order valence-corrected chi connectivity index (χ2v) is 5.76. The molecule has 0 atom stereocenters. The van der Waals surface area contributed by atoms with Gasteiger partial charge in [0, 0.05) is 13.1 Å². The molecule has 1 fully saturated rings. The Kier molecular flexibility index (Phi) is 3.52. The van der Waals surface area contributed by atoms with Crippen LogP contribution in [-0.2, 0) is 19.0 Å². The number of aromatic nitrogens is 4. The second kappa shape index (κ2) is 5.16. The molecule has 0 amide bonds. The lowest BCUT2D eigenvalue weighted by Gasteiger charge is -2.13. The van der Waals surface area contributed by atoms with Crippen LogP contribution in [0, 0.1) is 12.8 Å². The van der Waals surface area contributed by atoms with Crippen molar-refractivity contribution in [3.05, 3.63) is 11.5 Å². The number of nitrogens with zero attached hydrogens (tertiary/aromatic N) is 4. The molecule has 1 aliphatic rings. The molecule has 0 radical (unpaired) electrons. The highest BCUT2D eigenvalue weighted by molar-refractivity contribution is 6.16. The van der Waals surface area contributed by atoms with Crippen molar-refractivity contribution in [1.29, 1.82) is 0 Å². The number of aryl methyl sites for hydroxylation is 2. The molecule has 4 nitrogen and oxygen atoms in total. The molecule has 0 aliphatic heterocycles. The van der Waals surface area contributed by atoms with Crippen molar-refractivity contribution in [2.45, 2.75) is 58.5 Å². The van der Waals surface area contributed by atoms with Crippen LogP contribution in [0.2, 0.25) is 0 Å². The lowest BCUT2D eigenvalue weighted by atomic mass is 10.1. The van der Waals surface area contributed by atoms with E-state index in [1.807, 2.05) is 6.92 Å². The number of hydrogen-bond donors (Lipinski definition) is 0. The maximum absolute atomic E-state index is 6.08.